The number of hydrogen-bond acceptors (Lipinski definition) is 15. The Labute approximate surface area is 581 Å². The minimum absolute atomic E-state index is 0.107. The van der Waals surface area contributed by atoms with Crippen molar-refractivity contribution in [1.29, 1.82) is 0 Å². The van der Waals surface area contributed by atoms with Gasteiger partial charge in [-0.25, -0.2) is 9.13 Å². The molecule has 0 aromatic rings. The van der Waals surface area contributed by atoms with E-state index in [4.69, 9.17) is 37.0 Å². The van der Waals surface area contributed by atoms with Crippen LogP contribution in [0.1, 0.15) is 407 Å². The smallest absolute Gasteiger partial charge is 0.462 e. The van der Waals surface area contributed by atoms with Crippen molar-refractivity contribution < 1.29 is 80.2 Å². The number of ether oxygens (including phenoxy) is 4. The summed E-state index contributed by atoms with van der Waals surface area (Å²) >= 11 is 0. The predicted octanol–water partition coefficient (Wildman–Crippen LogP) is 22.6. The predicted molar refractivity (Wildman–Crippen MR) is 386 cm³/mol. The number of aliphatic hydroxyl groups is 1. The number of carbonyl (C=O) groups excluding carboxylic acids is 4. The fourth-order valence-electron chi connectivity index (χ4n) is 11.8. The summed E-state index contributed by atoms with van der Waals surface area (Å²) in [4.78, 5) is 72.7. The van der Waals surface area contributed by atoms with Crippen molar-refractivity contribution in [2.75, 3.05) is 39.6 Å². The second-order valence-electron chi connectivity index (χ2n) is 27.4. The molecule has 95 heavy (non-hydrogen) atoms. The summed E-state index contributed by atoms with van der Waals surface area (Å²) in [5.41, 5.74) is 0. The molecule has 564 valence electrons. The molecular formula is C76H148O17P2. The lowest BCUT2D eigenvalue weighted by Gasteiger charge is -2.21. The third-order valence-electron chi connectivity index (χ3n) is 17.9. The summed E-state index contributed by atoms with van der Waals surface area (Å²) in [7, 11) is -9.90. The van der Waals surface area contributed by atoms with Gasteiger partial charge >= 0.3 is 39.5 Å². The first-order valence-electron chi connectivity index (χ1n) is 39.8. The van der Waals surface area contributed by atoms with Gasteiger partial charge in [0, 0.05) is 25.7 Å². The van der Waals surface area contributed by atoms with Crippen LogP contribution in [0.5, 0.6) is 0 Å². The van der Waals surface area contributed by atoms with Crippen molar-refractivity contribution >= 4 is 39.5 Å². The quantitative estimate of drug-likeness (QED) is 0.0222. The van der Waals surface area contributed by atoms with Crippen LogP contribution >= 0.6 is 15.6 Å². The second-order valence-corrected chi connectivity index (χ2v) is 30.3. The summed E-state index contributed by atoms with van der Waals surface area (Å²) < 4.78 is 68.5. The fourth-order valence-corrected chi connectivity index (χ4v) is 13.3. The zero-order valence-electron chi connectivity index (χ0n) is 61.6. The average molecular weight is 1400 g/mol. The first kappa shape index (κ1) is 93.1. The van der Waals surface area contributed by atoms with Crippen LogP contribution in [0, 0.1) is 0 Å². The number of rotatable bonds is 77. The third kappa shape index (κ3) is 70.3. The molecule has 19 heteroatoms. The summed E-state index contributed by atoms with van der Waals surface area (Å²) in [5.74, 6) is -2.11. The molecule has 2 unspecified atom stereocenters. The van der Waals surface area contributed by atoms with Gasteiger partial charge in [-0.2, -0.15) is 0 Å². The van der Waals surface area contributed by atoms with Gasteiger partial charge in [0.15, 0.2) is 12.2 Å². The Hall–Kier alpha value is -1.94. The molecule has 0 aromatic carbocycles. The highest BCUT2D eigenvalue weighted by molar-refractivity contribution is 7.47. The summed E-state index contributed by atoms with van der Waals surface area (Å²) in [6.07, 6.45) is 61.0. The minimum Gasteiger partial charge on any atom is -0.462 e. The van der Waals surface area contributed by atoms with E-state index < -0.39 is 97.5 Å². The molecule has 0 aromatic heterocycles. The van der Waals surface area contributed by atoms with Crippen molar-refractivity contribution in [2.45, 2.75) is 425 Å². The van der Waals surface area contributed by atoms with E-state index in [0.717, 1.165) is 89.9 Å². The first-order chi connectivity index (χ1) is 46.2. The summed E-state index contributed by atoms with van der Waals surface area (Å²) in [6, 6.07) is 0. The highest BCUT2D eigenvalue weighted by atomic mass is 31.2. The molecule has 0 rings (SSSR count). The Kier molecular flexibility index (Phi) is 69.1. The maximum Gasteiger partial charge on any atom is 0.472 e. The van der Waals surface area contributed by atoms with Crippen molar-refractivity contribution in [3.05, 3.63) is 0 Å². The van der Waals surface area contributed by atoms with Gasteiger partial charge in [-0.1, -0.05) is 355 Å². The molecule has 0 aliphatic rings. The van der Waals surface area contributed by atoms with Gasteiger partial charge in [-0.05, 0) is 25.7 Å². The van der Waals surface area contributed by atoms with Crippen LogP contribution in [0.3, 0.4) is 0 Å². The molecule has 3 N–H and O–H groups in total. The second kappa shape index (κ2) is 70.5. The highest BCUT2D eigenvalue weighted by Gasteiger charge is 2.30. The number of unbranched alkanes of at least 4 members (excludes halogenated alkanes) is 51. The molecular weight excluding hydrogens is 1250 g/mol. The zero-order chi connectivity index (χ0) is 69.7. The van der Waals surface area contributed by atoms with Gasteiger partial charge in [0.05, 0.1) is 26.4 Å². The standard InChI is InChI=1S/C76H148O17P2/c1-5-9-13-17-21-25-29-31-33-34-35-36-37-39-41-43-47-51-55-59-63-76(81)93-72(67-87-74(79)61-57-53-49-46-42-40-38-32-30-26-22-18-14-10-6-2)69-91-95(84,85)89-65-70(77)64-88-94(82,83)90-68-71(92-75(80)62-58-54-50-45-28-24-20-16-12-8-4)66-86-73(78)60-56-52-48-44-27-23-19-15-11-7-3/h70-72,77H,5-69H2,1-4H3,(H,82,83)(H,84,85)/t70-,71+,72+/m0/s1. The molecule has 0 radical (unpaired) electrons. The maximum atomic E-state index is 13.1. The molecule has 0 bridgehead atoms. The summed E-state index contributed by atoms with van der Waals surface area (Å²) in [6.45, 7) is 4.97. The number of carbonyl (C=O) groups is 4. The molecule has 0 spiro atoms. The normalized spacial score (nSPS) is 13.9. The SMILES string of the molecule is CCCCCCCCCCCCCCCCCCCCCCC(=O)O[C@H](COC(=O)CCCCCCCCCCCCCCCCC)COP(=O)(O)OC[C@@H](O)COP(=O)(O)OC[C@@H](COC(=O)CCCCCCCCCCCC)OC(=O)CCCCCCCCCCCC. The number of phosphoric acid groups is 2. The first-order valence-corrected chi connectivity index (χ1v) is 42.8. The topological polar surface area (TPSA) is 237 Å². The molecule has 5 atom stereocenters. The Morgan fingerprint density at radius 2 is 0.421 bits per heavy atom. The largest absolute Gasteiger partial charge is 0.472 e. The molecule has 0 saturated heterocycles. The Balaban J connectivity index is 5.19. The van der Waals surface area contributed by atoms with Gasteiger partial charge in [0.2, 0.25) is 0 Å². The zero-order valence-corrected chi connectivity index (χ0v) is 63.4. The van der Waals surface area contributed by atoms with Crippen molar-refractivity contribution in [3.63, 3.8) is 0 Å². The van der Waals surface area contributed by atoms with E-state index in [1.807, 2.05) is 0 Å². The number of hydrogen-bond donors (Lipinski definition) is 3. The Morgan fingerprint density at radius 1 is 0.253 bits per heavy atom. The minimum atomic E-state index is -4.96. The molecule has 0 heterocycles. The van der Waals surface area contributed by atoms with E-state index in [1.54, 1.807) is 0 Å². The van der Waals surface area contributed by atoms with E-state index in [9.17, 15) is 43.2 Å². The lowest BCUT2D eigenvalue weighted by atomic mass is 10.0. The lowest BCUT2D eigenvalue weighted by Crippen LogP contribution is -2.30. The van der Waals surface area contributed by atoms with Crippen molar-refractivity contribution in [2.24, 2.45) is 0 Å². The van der Waals surface area contributed by atoms with Crippen molar-refractivity contribution in [3.8, 4) is 0 Å². The number of aliphatic hydroxyl groups excluding tert-OH is 1. The van der Waals surface area contributed by atoms with Crippen LogP contribution in [0.4, 0.5) is 0 Å². The van der Waals surface area contributed by atoms with Crippen molar-refractivity contribution in [1.82, 2.24) is 0 Å². The molecule has 0 aliphatic heterocycles. The van der Waals surface area contributed by atoms with Crippen LogP contribution in [0.25, 0.3) is 0 Å². The Bertz CT molecular complexity index is 1810. The van der Waals surface area contributed by atoms with Gasteiger partial charge in [0.25, 0.3) is 0 Å². The Morgan fingerprint density at radius 3 is 0.621 bits per heavy atom. The van der Waals surface area contributed by atoms with E-state index in [1.165, 1.54) is 238 Å². The number of esters is 4. The van der Waals surface area contributed by atoms with E-state index in [-0.39, 0.29) is 25.7 Å². The maximum absolute atomic E-state index is 13.1. The van der Waals surface area contributed by atoms with Gasteiger partial charge in [-0.15, -0.1) is 0 Å². The van der Waals surface area contributed by atoms with E-state index >= 15 is 0 Å². The van der Waals surface area contributed by atoms with Crippen LogP contribution in [0.2, 0.25) is 0 Å². The molecule has 0 aliphatic carbocycles. The highest BCUT2D eigenvalue weighted by Crippen LogP contribution is 2.45. The van der Waals surface area contributed by atoms with Gasteiger partial charge < -0.3 is 33.8 Å². The lowest BCUT2D eigenvalue weighted by molar-refractivity contribution is -0.161. The molecule has 0 amide bonds. The van der Waals surface area contributed by atoms with E-state index in [0.29, 0.717) is 25.7 Å². The monoisotopic (exact) mass is 1400 g/mol. The van der Waals surface area contributed by atoms with Crippen LogP contribution in [-0.2, 0) is 65.4 Å². The van der Waals surface area contributed by atoms with Gasteiger partial charge in [0.1, 0.15) is 19.3 Å². The molecule has 0 saturated carbocycles. The van der Waals surface area contributed by atoms with E-state index in [2.05, 4.69) is 27.7 Å². The van der Waals surface area contributed by atoms with Crippen LogP contribution in [-0.4, -0.2) is 96.7 Å². The summed E-state index contributed by atoms with van der Waals surface area (Å²) in [5, 5.41) is 10.6. The third-order valence-corrected chi connectivity index (χ3v) is 19.8. The van der Waals surface area contributed by atoms with Crippen LogP contribution < -0.4 is 0 Å². The van der Waals surface area contributed by atoms with Gasteiger partial charge in [-0.3, -0.25) is 37.3 Å². The fraction of sp³-hybridized carbons (Fsp3) is 0.947. The molecule has 0 fully saturated rings. The van der Waals surface area contributed by atoms with Crippen LogP contribution in [0.15, 0.2) is 0 Å². The molecule has 17 nitrogen and oxygen atoms in total. The average Bonchev–Trinajstić information content (AvgIpc) is 2.03. The number of phosphoric ester groups is 2.